The van der Waals surface area contributed by atoms with E-state index in [-0.39, 0.29) is 5.97 Å². The molecule has 0 spiro atoms. The smallest absolute Gasteiger partial charge is 0.302 e. The Labute approximate surface area is 103 Å². The standard InChI is InChI=1S/C14H20O3/c1-12-6-5-7-14(10-12)11-16-8-3-4-9-17-13(2)15/h5-7,10H,3-4,8-9,11H2,1-2H3. The lowest BCUT2D eigenvalue weighted by Crippen LogP contribution is -2.02. The number of aryl methyl sites for hydroxylation is 1. The lowest BCUT2D eigenvalue weighted by molar-refractivity contribution is -0.141. The summed E-state index contributed by atoms with van der Waals surface area (Å²) in [7, 11) is 0. The third-order valence-electron chi connectivity index (χ3n) is 2.34. The fourth-order valence-corrected chi connectivity index (χ4v) is 1.51. The molecule has 1 aromatic rings. The average Bonchev–Trinajstić information content (AvgIpc) is 2.27. The molecular formula is C14H20O3. The van der Waals surface area contributed by atoms with Gasteiger partial charge in [-0.2, -0.15) is 0 Å². The van der Waals surface area contributed by atoms with E-state index in [1.165, 1.54) is 18.1 Å². The maximum absolute atomic E-state index is 10.5. The molecule has 0 unspecified atom stereocenters. The molecule has 0 aromatic heterocycles. The monoisotopic (exact) mass is 236 g/mol. The van der Waals surface area contributed by atoms with Gasteiger partial charge in [0.25, 0.3) is 0 Å². The van der Waals surface area contributed by atoms with Crippen molar-refractivity contribution in [1.29, 1.82) is 0 Å². The largest absolute Gasteiger partial charge is 0.466 e. The summed E-state index contributed by atoms with van der Waals surface area (Å²) in [6.07, 6.45) is 1.77. The van der Waals surface area contributed by atoms with Gasteiger partial charge in [-0.25, -0.2) is 0 Å². The van der Waals surface area contributed by atoms with E-state index in [1.54, 1.807) is 0 Å². The van der Waals surface area contributed by atoms with Crippen LogP contribution in [0.25, 0.3) is 0 Å². The molecule has 94 valence electrons. The van der Waals surface area contributed by atoms with Gasteiger partial charge in [-0.15, -0.1) is 0 Å². The molecule has 17 heavy (non-hydrogen) atoms. The van der Waals surface area contributed by atoms with E-state index in [0.29, 0.717) is 19.8 Å². The topological polar surface area (TPSA) is 35.5 Å². The Morgan fingerprint density at radius 1 is 1.24 bits per heavy atom. The summed E-state index contributed by atoms with van der Waals surface area (Å²) in [5.74, 6) is -0.217. The number of hydrogen-bond acceptors (Lipinski definition) is 3. The van der Waals surface area contributed by atoms with Crippen LogP contribution in [-0.2, 0) is 20.9 Å². The van der Waals surface area contributed by atoms with Gasteiger partial charge in [-0.05, 0) is 25.3 Å². The zero-order valence-corrected chi connectivity index (χ0v) is 10.6. The van der Waals surface area contributed by atoms with Gasteiger partial charge < -0.3 is 9.47 Å². The molecule has 3 nitrogen and oxygen atoms in total. The van der Waals surface area contributed by atoms with Gasteiger partial charge in [-0.1, -0.05) is 29.8 Å². The lowest BCUT2D eigenvalue weighted by Gasteiger charge is -2.05. The molecular weight excluding hydrogens is 216 g/mol. The SMILES string of the molecule is CC(=O)OCCCCOCc1cccc(C)c1. The first-order valence-corrected chi connectivity index (χ1v) is 5.95. The Kier molecular flexibility index (Phi) is 6.33. The Hall–Kier alpha value is -1.35. The van der Waals surface area contributed by atoms with Gasteiger partial charge in [0.1, 0.15) is 0 Å². The first kappa shape index (κ1) is 13.7. The highest BCUT2D eigenvalue weighted by molar-refractivity contribution is 5.65. The molecule has 0 fully saturated rings. The zero-order valence-electron chi connectivity index (χ0n) is 10.6. The molecule has 0 bridgehead atoms. The Balaban J connectivity index is 2.03. The van der Waals surface area contributed by atoms with Gasteiger partial charge in [0.2, 0.25) is 0 Å². The number of unbranched alkanes of at least 4 members (excludes halogenated alkanes) is 1. The summed E-state index contributed by atoms with van der Waals surface area (Å²) < 4.78 is 10.4. The van der Waals surface area contributed by atoms with E-state index >= 15 is 0 Å². The fraction of sp³-hybridized carbons (Fsp3) is 0.500. The zero-order chi connectivity index (χ0) is 12.5. The van der Waals surface area contributed by atoms with Crippen LogP contribution < -0.4 is 0 Å². The molecule has 0 heterocycles. The van der Waals surface area contributed by atoms with Crippen molar-refractivity contribution in [2.75, 3.05) is 13.2 Å². The Morgan fingerprint density at radius 2 is 2.00 bits per heavy atom. The molecule has 0 amide bonds. The first-order valence-electron chi connectivity index (χ1n) is 5.95. The number of carbonyl (C=O) groups excluding carboxylic acids is 1. The van der Waals surface area contributed by atoms with Gasteiger partial charge in [0, 0.05) is 13.5 Å². The Bertz CT molecular complexity index is 347. The van der Waals surface area contributed by atoms with E-state index in [2.05, 4.69) is 25.1 Å². The number of ether oxygens (including phenoxy) is 2. The summed E-state index contributed by atoms with van der Waals surface area (Å²) in [4.78, 5) is 10.5. The molecule has 3 heteroatoms. The second-order valence-electron chi connectivity index (χ2n) is 4.09. The van der Waals surface area contributed by atoms with E-state index < -0.39 is 0 Å². The second kappa shape index (κ2) is 7.85. The highest BCUT2D eigenvalue weighted by atomic mass is 16.5. The van der Waals surface area contributed by atoms with Crippen molar-refractivity contribution in [3.63, 3.8) is 0 Å². The van der Waals surface area contributed by atoms with E-state index in [9.17, 15) is 4.79 Å². The second-order valence-corrected chi connectivity index (χ2v) is 4.09. The predicted octanol–water partition coefficient (Wildman–Crippen LogP) is 2.85. The summed E-state index contributed by atoms with van der Waals surface area (Å²) in [6.45, 7) is 5.34. The molecule has 0 aliphatic rings. The minimum Gasteiger partial charge on any atom is -0.466 e. The normalized spacial score (nSPS) is 10.2. The molecule has 0 saturated heterocycles. The molecule has 0 N–H and O–H groups in total. The van der Waals surface area contributed by atoms with Gasteiger partial charge in [0.05, 0.1) is 13.2 Å². The molecule has 1 rings (SSSR count). The van der Waals surface area contributed by atoms with Crippen molar-refractivity contribution in [2.45, 2.75) is 33.3 Å². The van der Waals surface area contributed by atoms with Gasteiger partial charge >= 0.3 is 5.97 Å². The van der Waals surface area contributed by atoms with Crippen LogP contribution in [-0.4, -0.2) is 19.2 Å². The minimum atomic E-state index is -0.217. The molecule has 0 atom stereocenters. The van der Waals surface area contributed by atoms with Crippen LogP contribution >= 0.6 is 0 Å². The van der Waals surface area contributed by atoms with Crippen molar-refractivity contribution in [3.05, 3.63) is 35.4 Å². The Morgan fingerprint density at radius 3 is 2.71 bits per heavy atom. The van der Waals surface area contributed by atoms with Crippen LogP contribution in [0.3, 0.4) is 0 Å². The van der Waals surface area contributed by atoms with Crippen LogP contribution in [0.1, 0.15) is 30.9 Å². The van der Waals surface area contributed by atoms with Crippen molar-refractivity contribution < 1.29 is 14.3 Å². The summed E-state index contributed by atoms with van der Waals surface area (Å²) in [6, 6.07) is 8.29. The first-order chi connectivity index (χ1) is 8.18. The third-order valence-corrected chi connectivity index (χ3v) is 2.34. The van der Waals surface area contributed by atoms with Crippen LogP contribution in [0.15, 0.2) is 24.3 Å². The molecule has 0 aliphatic carbocycles. The van der Waals surface area contributed by atoms with E-state index in [0.717, 1.165) is 12.8 Å². The van der Waals surface area contributed by atoms with Crippen LogP contribution in [0.5, 0.6) is 0 Å². The number of benzene rings is 1. The van der Waals surface area contributed by atoms with Crippen LogP contribution in [0.4, 0.5) is 0 Å². The quantitative estimate of drug-likeness (QED) is 0.539. The number of rotatable bonds is 7. The van der Waals surface area contributed by atoms with E-state index in [1.807, 2.05) is 6.07 Å². The third kappa shape index (κ3) is 6.74. The summed E-state index contributed by atoms with van der Waals surface area (Å²) >= 11 is 0. The van der Waals surface area contributed by atoms with Crippen molar-refractivity contribution >= 4 is 5.97 Å². The predicted molar refractivity (Wildman–Crippen MR) is 66.7 cm³/mol. The van der Waals surface area contributed by atoms with Crippen molar-refractivity contribution in [1.82, 2.24) is 0 Å². The van der Waals surface area contributed by atoms with Crippen molar-refractivity contribution in [2.24, 2.45) is 0 Å². The molecule has 0 aliphatic heterocycles. The average molecular weight is 236 g/mol. The summed E-state index contributed by atoms with van der Waals surface area (Å²) in [5, 5.41) is 0. The maximum Gasteiger partial charge on any atom is 0.302 e. The van der Waals surface area contributed by atoms with E-state index in [4.69, 9.17) is 9.47 Å². The minimum absolute atomic E-state index is 0.217. The number of esters is 1. The molecule has 1 aromatic carbocycles. The lowest BCUT2D eigenvalue weighted by atomic mass is 10.1. The highest BCUT2D eigenvalue weighted by Gasteiger charge is 1.95. The van der Waals surface area contributed by atoms with Crippen molar-refractivity contribution in [3.8, 4) is 0 Å². The van der Waals surface area contributed by atoms with Crippen LogP contribution in [0, 0.1) is 6.92 Å². The molecule has 0 radical (unpaired) electrons. The van der Waals surface area contributed by atoms with Crippen LogP contribution in [0.2, 0.25) is 0 Å². The molecule has 0 saturated carbocycles. The van der Waals surface area contributed by atoms with Gasteiger partial charge in [-0.3, -0.25) is 4.79 Å². The highest BCUT2D eigenvalue weighted by Crippen LogP contribution is 2.05. The number of hydrogen-bond donors (Lipinski definition) is 0. The van der Waals surface area contributed by atoms with Gasteiger partial charge in [0.15, 0.2) is 0 Å². The maximum atomic E-state index is 10.5. The summed E-state index contributed by atoms with van der Waals surface area (Å²) in [5.41, 5.74) is 2.45. The number of carbonyl (C=O) groups is 1. The fourth-order valence-electron chi connectivity index (χ4n) is 1.51.